The normalized spacial score (nSPS) is 18.7. The lowest BCUT2D eigenvalue weighted by molar-refractivity contribution is 0.0971. The average molecular weight is 266 g/mol. The van der Waals surface area contributed by atoms with Crippen LogP contribution in [0.25, 0.3) is 0 Å². The molecule has 92 valence electrons. The minimum Gasteiger partial charge on any atom is -0.314 e. The number of Topliss-reactive ketones (excluding diaryl/α,β-unsaturated/α-hetero) is 1. The molecule has 16 heavy (non-hydrogen) atoms. The number of hydrogen-bond acceptors (Lipinski definition) is 3. The fourth-order valence-corrected chi connectivity index (χ4v) is 1.84. The second-order valence-corrected chi connectivity index (χ2v) is 3.82. The van der Waals surface area contributed by atoms with Gasteiger partial charge in [-0.15, -0.1) is 24.8 Å². The summed E-state index contributed by atoms with van der Waals surface area (Å²) in [6.45, 7) is 1.05. The summed E-state index contributed by atoms with van der Waals surface area (Å²) in [5.74, 6) is 0.192. The van der Waals surface area contributed by atoms with Gasteiger partial charge in [0.25, 0.3) is 0 Å². The highest BCUT2D eigenvalue weighted by Gasteiger charge is 2.19. The molecule has 1 aromatic heterocycles. The zero-order chi connectivity index (χ0) is 9.97. The SMILES string of the molecule is Cl.Cl.Cn1cc(C(=O)CC2CCCN2)cn1. The van der Waals surface area contributed by atoms with E-state index in [4.69, 9.17) is 0 Å². The third-order valence-corrected chi connectivity index (χ3v) is 2.62. The molecule has 1 aliphatic heterocycles. The summed E-state index contributed by atoms with van der Waals surface area (Å²) >= 11 is 0. The average Bonchev–Trinajstić information content (AvgIpc) is 2.75. The van der Waals surface area contributed by atoms with E-state index >= 15 is 0 Å². The van der Waals surface area contributed by atoms with Gasteiger partial charge in [-0.1, -0.05) is 0 Å². The van der Waals surface area contributed by atoms with Gasteiger partial charge in [-0.3, -0.25) is 9.48 Å². The van der Waals surface area contributed by atoms with Gasteiger partial charge in [0.15, 0.2) is 5.78 Å². The molecule has 0 aromatic carbocycles. The smallest absolute Gasteiger partial charge is 0.167 e. The molecule has 1 atom stereocenters. The Kier molecular flexibility index (Phi) is 6.64. The highest BCUT2D eigenvalue weighted by Crippen LogP contribution is 2.12. The van der Waals surface area contributed by atoms with E-state index in [1.54, 1.807) is 17.1 Å². The van der Waals surface area contributed by atoms with Gasteiger partial charge in [-0.2, -0.15) is 5.10 Å². The van der Waals surface area contributed by atoms with Gasteiger partial charge in [0, 0.05) is 25.7 Å². The molecule has 0 saturated carbocycles. The van der Waals surface area contributed by atoms with Crippen molar-refractivity contribution in [3.8, 4) is 0 Å². The molecule has 0 bridgehead atoms. The van der Waals surface area contributed by atoms with E-state index in [2.05, 4.69) is 10.4 Å². The molecular weight excluding hydrogens is 249 g/mol. The lowest BCUT2D eigenvalue weighted by Crippen LogP contribution is -2.24. The molecule has 0 aliphatic carbocycles. The monoisotopic (exact) mass is 265 g/mol. The number of carbonyl (C=O) groups is 1. The molecule has 4 nitrogen and oxygen atoms in total. The first-order valence-electron chi connectivity index (χ1n) is 5.01. The Balaban J connectivity index is 0.00000112. The number of ketones is 1. The summed E-state index contributed by atoms with van der Waals surface area (Å²) in [6.07, 6.45) is 6.32. The summed E-state index contributed by atoms with van der Waals surface area (Å²) in [5, 5.41) is 7.30. The van der Waals surface area contributed by atoms with Crippen LogP contribution >= 0.6 is 24.8 Å². The van der Waals surface area contributed by atoms with Gasteiger partial charge in [-0.25, -0.2) is 0 Å². The number of hydrogen-bond donors (Lipinski definition) is 1. The Morgan fingerprint density at radius 2 is 2.38 bits per heavy atom. The van der Waals surface area contributed by atoms with E-state index in [9.17, 15) is 4.79 Å². The molecule has 1 aromatic rings. The number of rotatable bonds is 3. The maximum absolute atomic E-state index is 11.7. The Morgan fingerprint density at radius 1 is 1.62 bits per heavy atom. The van der Waals surface area contributed by atoms with E-state index in [0.29, 0.717) is 12.5 Å². The third kappa shape index (κ3) is 3.77. The Hall–Kier alpha value is -0.580. The van der Waals surface area contributed by atoms with Gasteiger partial charge >= 0.3 is 0 Å². The van der Waals surface area contributed by atoms with Crippen LogP contribution in [0.2, 0.25) is 0 Å². The summed E-state index contributed by atoms with van der Waals surface area (Å²) in [5.41, 5.74) is 0.723. The van der Waals surface area contributed by atoms with Crippen molar-refractivity contribution in [2.45, 2.75) is 25.3 Å². The van der Waals surface area contributed by atoms with Gasteiger partial charge in [-0.05, 0) is 19.4 Å². The minimum atomic E-state index is 0. The second kappa shape index (κ2) is 6.89. The summed E-state index contributed by atoms with van der Waals surface area (Å²) in [4.78, 5) is 11.7. The second-order valence-electron chi connectivity index (χ2n) is 3.82. The fourth-order valence-electron chi connectivity index (χ4n) is 1.84. The fraction of sp³-hybridized carbons (Fsp3) is 0.600. The van der Waals surface area contributed by atoms with E-state index < -0.39 is 0 Å². The topological polar surface area (TPSA) is 46.9 Å². The van der Waals surface area contributed by atoms with Gasteiger partial charge in [0.05, 0.1) is 11.8 Å². The van der Waals surface area contributed by atoms with Crippen molar-refractivity contribution < 1.29 is 4.79 Å². The van der Waals surface area contributed by atoms with E-state index in [-0.39, 0.29) is 30.6 Å². The first kappa shape index (κ1) is 15.4. The van der Waals surface area contributed by atoms with Gasteiger partial charge < -0.3 is 5.32 Å². The summed E-state index contributed by atoms with van der Waals surface area (Å²) in [6, 6.07) is 0.378. The Bertz CT molecular complexity index is 335. The molecule has 1 N–H and O–H groups in total. The zero-order valence-corrected chi connectivity index (χ0v) is 10.8. The van der Waals surface area contributed by atoms with Crippen LogP contribution in [0, 0.1) is 0 Å². The molecule has 1 fully saturated rings. The largest absolute Gasteiger partial charge is 0.314 e. The molecular formula is C10H17Cl2N3O. The van der Waals surface area contributed by atoms with Gasteiger partial charge in [0.1, 0.15) is 0 Å². The van der Waals surface area contributed by atoms with E-state index in [1.165, 1.54) is 6.42 Å². The molecule has 0 spiro atoms. The van der Waals surface area contributed by atoms with Crippen LogP contribution in [-0.4, -0.2) is 28.2 Å². The lowest BCUT2D eigenvalue weighted by atomic mass is 10.1. The Morgan fingerprint density at radius 3 is 2.88 bits per heavy atom. The predicted octanol–water partition coefficient (Wildman–Crippen LogP) is 1.59. The van der Waals surface area contributed by atoms with Crippen LogP contribution in [0.15, 0.2) is 12.4 Å². The Labute approximate surface area is 108 Å². The van der Waals surface area contributed by atoms with Crippen molar-refractivity contribution in [2.75, 3.05) is 6.54 Å². The third-order valence-electron chi connectivity index (χ3n) is 2.62. The number of carbonyl (C=O) groups excluding carboxylic acids is 1. The van der Waals surface area contributed by atoms with E-state index in [1.807, 2.05) is 7.05 Å². The van der Waals surface area contributed by atoms with Crippen LogP contribution < -0.4 is 5.32 Å². The number of aromatic nitrogens is 2. The van der Waals surface area contributed by atoms with Gasteiger partial charge in [0.2, 0.25) is 0 Å². The van der Waals surface area contributed by atoms with Crippen molar-refractivity contribution in [1.29, 1.82) is 0 Å². The van der Waals surface area contributed by atoms with Crippen molar-refractivity contribution >= 4 is 30.6 Å². The first-order valence-corrected chi connectivity index (χ1v) is 5.01. The minimum absolute atomic E-state index is 0. The number of nitrogens with zero attached hydrogens (tertiary/aromatic N) is 2. The highest BCUT2D eigenvalue weighted by molar-refractivity contribution is 5.96. The quantitative estimate of drug-likeness (QED) is 0.845. The molecule has 2 rings (SSSR count). The predicted molar refractivity (Wildman–Crippen MR) is 67.7 cm³/mol. The maximum atomic E-state index is 11.7. The number of halogens is 2. The van der Waals surface area contributed by atoms with Crippen LogP contribution in [0.4, 0.5) is 0 Å². The van der Waals surface area contributed by atoms with Crippen LogP contribution in [-0.2, 0) is 7.05 Å². The van der Waals surface area contributed by atoms with Crippen LogP contribution in [0.3, 0.4) is 0 Å². The first-order chi connectivity index (χ1) is 6.75. The summed E-state index contributed by atoms with van der Waals surface area (Å²) in [7, 11) is 1.82. The van der Waals surface area contributed by atoms with Crippen molar-refractivity contribution in [3.63, 3.8) is 0 Å². The lowest BCUT2D eigenvalue weighted by Gasteiger charge is -2.06. The molecule has 0 radical (unpaired) electrons. The molecule has 0 amide bonds. The van der Waals surface area contributed by atoms with Crippen molar-refractivity contribution in [1.82, 2.24) is 15.1 Å². The molecule has 6 heteroatoms. The summed E-state index contributed by atoms with van der Waals surface area (Å²) < 4.78 is 1.66. The van der Waals surface area contributed by atoms with Crippen molar-refractivity contribution in [3.05, 3.63) is 18.0 Å². The molecule has 2 heterocycles. The molecule has 1 unspecified atom stereocenters. The number of nitrogens with one attached hydrogen (secondary N) is 1. The highest BCUT2D eigenvalue weighted by atomic mass is 35.5. The molecule has 1 aliphatic rings. The van der Waals surface area contributed by atoms with Crippen LogP contribution in [0.1, 0.15) is 29.6 Å². The maximum Gasteiger partial charge on any atom is 0.167 e. The van der Waals surface area contributed by atoms with E-state index in [0.717, 1.165) is 18.5 Å². The van der Waals surface area contributed by atoms with Crippen molar-refractivity contribution in [2.24, 2.45) is 7.05 Å². The number of aryl methyl sites for hydroxylation is 1. The molecule has 1 saturated heterocycles. The van der Waals surface area contributed by atoms with Crippen LogP contribution in [0.5, 0.6) is 0 Å². The standard InChI is InChI=1S/C10H15N3O.2ClH/c1-13-7-8(6-12-13)10(14)5-9-3-2-4-11-9;;/h6-7,9,11H,2-5H2,1H3;2*1H. The zero-order valence-electron chi connectivity index (χ0n) is 9.18.